The molecule has 2 amide bonds. The summed E-state index contributed by atoms with van der Waals surface area (Å²) in [5, 5.41) is 21.5. The minimum atomic E-state index is -0.936. The Kier molecular flexibility index (Phi) is 6.03. The van der Waals surface area contributed by atoms with Crippen molar-refractivity contribution in [3.8, 4) is 0 Å². The predicted molar refractivity (Wildman–Crippen MR) is 87.6 cm³/mol. The van der Waals surface area contributed by atoms with E-state index in [0.717, 1.165) is 5.56 Å². The highest BCUT2D eigenvalue weighted by Crippen LogP contribution is 2.28. The smallest absolute Gasteiger partial charge is 0.407 e. The Labute approximate surface area is 141 Å². The van der Waals surface area contributed by atoms with Crippen LogP contribution in [0, 0.1) is 5.92 Å². The monoisotopic (exact) mass is 336 g/mol. The van der Waals surface area contributed by atoms with Gasteiger partial charge in [0.1, 0.15) is 6.61 Å². The van der Waals surface area contributed by atoms with E-state index in [-0.39, 0.29) is 19.1 Å². The Balaban J connectivity index is 1.87. The van der Waals surface area contributed by atoms with Crippen LogP contribution in [-0.4, -0.2) is 52.5 Å². The van der Waals surface area contributed by atoms with Gasteiger partial charge >= 0.3 is 12.2 Å². The van der Waals surface area contributed by atoms with Crippen molar-refractivity contribution in [3.63, 3.8) is 0 Å². The van der Waals surface area contributed by atoms with Crippen LogP contribution in [0.15, 0.2) is 30.3 Å². The topological polar surface area (TPSA) is 99.1 Å². The number of alkyl carbamates (subject to hydrolysis) is 1. The molecule has 7 heteroatoms. The maximum absolute atomic E-state index is 12.1. The molecule has 0 bridgehead atoms. The molecule has 7 nitrogen and oxygen atoms in total. The molecule has 3 N–H and O–H groups in total. The molecule has 2 rings (SSSR count). The summed E-state index contributed by atoms with van der Waals surface area (Å²) in [5.41, 5.74) is 0.0476. The Morgan fingerprint density at radius 2 is 1.92 bits per heavy atom. The molecule has 132 valence electrons. The van der Waals surface area contributed by atoms with Gasteiger partial charge in [-0.1, -0.05) is 30.3 Å². The zero-order valence-corrected chi connectivity index (χ0v) is 13.8. The first-order chi connectivity index (χ1) is 11.4. The Bertz CT molecular complexity index is 557. The Hall–Kier alpha value is -2.28. The van der Waals surface area contributed by atoms with Gasteiger partial charge in [-0.2, -0.15) is 0 Å². The maximum atomic E-state index is 12.1. The first kappa shape index (κ1) is 18.1. The van der Waals surface area contributed by atoms with E-state index in [1.165, 1.54) is 4.90 Å². The van der Waals surface area contributed by atoms with Crippen molar-refractivity contribution in [2.45, 2.75) is 31.9 Å². The highest BCUT2D eigenvalue weighted by molar-refractivity contribution is 5.68. The second-order valence-electron chi connectivity index (χ2n) is 6.31. The molecule has 0 aliphatic carbocycles. The summed E-state index contributed by atoms with van der Waals surface area (Å²) in [4.78, 5) is 24.4. The van der Waals surface area contributed by atoms with Gasteiger partial charge < -0.3 is 25.2 Å². The van der Waals surface area contributed by atoms with E-state index >= 15 is 0 Å². The van der Waals surface area contributed by atoms with E-state index < -0.39 is 17.7 Å². The number of hydrogen-bond acceptors (Lipinski definition) is 4. The molecule has 1 aliphatic heterocycles. The number of nitrogens with one attached hydrogen (secondary N) is 1. The summed E-state index contributed by atoms with van der Waals surface area (Å²) in [6.07, 6.45) is -0.351. The SMILES string of the molecule is CC(CO)(NC(=O)OCc1ccccc1)C1CCN(C(=O)O)CC1. The van der Waals surface area contributed by atoms with Crippen molar-refractivity contribution in [2.24, 2.45) is 5.92 Å². The van der Waals surface area contributed by atoms with Gasteiger partial charge in [0.05, 0.1) is 12.1 Å². The lowest BCUT2D eigenvalue weighted by Crippen LogP contribution is -2.57. The van der Waals surface area contributed by atoms with Crippen LogP contribution >= 0.6 is 0 Å². The van der Waals surface area contributed by atoms with E-state index in [2.05, 4.69) is 5.32 Å². The lowest BCUT2D eigenvalue weighted by atomic mass is 9.79. The highest BCUT2D eigenvalue weighted by Gasteiger charge is 2.38. The number of carbonyl (C=O) groups excluding carboxylic acids is 1. The van der Waals surface area contributed by atoms with Crippen molar-refractivity contribution >= 4 is 12.2 Å². The van der Waals surface area contributed by atoms with Gasteiger partial charge in [0.25, 0.3) is 0 Å². The third kappa shape index (κ3) is 4.61. The number of rotatable bonds is 5. The van der Waals surface area contributed by atoms with Crippen LogP contribution < -0.4 is 5.32 Å². The van der Waals surface area contributed by atoms with Gasteiger partial charge in [-0.15, -0.1) is 0 Å². The third-order valence-corrected chi connectivity index (χ3v) is 4.60. The molecule has 0 spiro atoms. The van der Waals surface area contributed by atoms with Gasteiger partial charge in [-0.05, 0) is 31.2 Å². The number of likely N-dealkylation sites (tertiary alicyclic amines) is 1. The van der Waals surface area contributed by atoms with Crippen molar-refractivity contribution in [3.05, 3.63) is 35.9 Å². The van der Waals surface area contributed by atoms with E-state index in [1.54, 1.807) is 6.92 Å². The summed E-state index contributed by atoms with van der Waals surface area (Å²) in [7, 11) is 0. The molecule has 0 radical (unpaired) electrons. The minimum absolute atomic E-state index is 0.0117. The first-order valence-corrected chi connectivity index (χ1v) is 8.02. The summed E-state index contributed by atoms with van der Waals surface area (Å²) >= 11 is 0. The largest absolute Gasteiger partial charge is 0.465 e. The number of benzene rings is 1. The van der Waals surface area contributed by atoms with Crippen molar-refractivity contribution in [2.75, 3.05) is 19.7 Å². The van der Waals surface area contributed by atoms with E-state index in [9.17, 15) is 14.7 Å². The molecule has 24 heavy (non-hydrogen) atoms. The van der Waals surface area contributed by atoms with Gasteiger partial charge in [0.15, 0.2) is 0 Å². The number of hydrogen-bond donors (Lipinski definition) is 3. The predicted octanol–water partition coefficient (Wildman–Crippen LogP) is 2.05. The van der Waals surface area contributed by atoms with Gasteiger partial charge in [0.2, 0.25) is 0 Å². The number of nitrogens with zero attached hydrogens (tertiary/aromatic N) is 1. The van der Waals surface area contributed by atoms with Crippen LogP contribution in [-0.2, 0) is 11.3 Å². The van der Waals surface area contributed by atoms with Gasteiger partial charge in [0, 0.05) is 13.1 Å². The molecule has 1 heterocycles. The zero-order chi connectivity index (χ0) is 17.6. The maximum Gasteiger partial charge on any atom is 0.407 e. The summed E-state index contributed by atoms with van der Waals surface area (Å²) in [6, 6.07) is 9.34. The number of aliphatic hydroxyl groups excluding tert-OH is 1. The van der Waals surface area contributed by atoms with Crippen molar-refractivity contribution in [1.29, 1.82) is 0 Å². The average molecular weight is 336 g/mol. The summed E-state index contributed by atoms with van der Waals surface area (Å²) in [5.74, 6) is -0.0117. The number of carboxylic acid groups (broad SMARTS) is 1. The van der Waals surface area contributed by atoms with Crippen LogP contribution in [0.5, 0.6) is 0 Å². The molecule has 1 aromatic carbocycles. The number of carbonyl (C=O) groups is 2. The Morgan fingerprint density at radius 1 is 1.29 bits per heavy atom. The normalized spacial score (nSPS) is 17.8. The fourth-order valence-corrected chi connectivity index (χ4v) is 2.97. The van der Waals surface area contributed by atoms with Crippen molar-refractivity contribution in [1.82, 2.24) is 10.2 Å². The lowest BCUT2D eigenvalue weighted by Gasteiger charge is -2.41. The van der Waals surface area contributed by atoms with Crippen LogP contribution in [0.25, 0.3) is 0 Å². The number of amides is 2. The standard InChI is InChI=1S/C17H24N2O5/c1-17(12-20,14-7-9-19(10-8-14)16(22)23)18-15(21)24-11-13-5-3-2-4-6-13/h2-6,14,20H,7-12H2,1H3,(H,18,21)(H,22,23). The molecule has 1 atom stereocenters. The van der Waals surface area contributed by atoms with E-state index in [1.807, 2.05) is 30.3 Å². The number of ether oxygens (including phenoxy) is 1. The van der Waals surface area contributed by atoms with Crippen LogP contribution in [0.2, 0.25) is 0 Å². The summed E-state index contributed by atoms with van der Waals surface area (Å²) in [6.45, 7) is 2.49. The fourth-order valence-electron chi connectivity index (χ4n) is 2.97. The zero-order valence-electron chi connectivity index (χ0n) is 13.8. The molecular formula is C17H24N2O5. The number of aliphatic hydroxyl groups is 1. The van der Waals surface area contributed by atoms with E-state index in [4.69, 9.17) is 9.84 Å². The van der Waals surface area contributed by atoms with Crippen LogP contribution in [0.4, 0.5) is 9.59 Å². The average Bonchev–Trinajstić information content (AvgIpc) is 2.61. The lowest BCUT2D eigenvalue weighted by molar-refractivity contribution is 0.0566. The molecule has 1 aromatic rings. The number of piperidine rings is 1. The molecule has 0 aromatic heterocycles. The Morgan fingerprint density at radius 3 is 2.46 bits per heavy atom. The summed E-state index contributed by atoms with van der Waals surface area (Å²) < 4.78 is 5.21. The van der Waals surface area contributed by atoms with Gasteiger partial charge in [-0.25, -0.2) is 9.59 Å². The quantitative estimate of drug-likeness (QED) is 0.764. The van der Waals surface area contributed by atoms with E-state index in [0.29, 0.717) is 25.9 Å². The second kappa shape index (κ2) is 8.01. The molecular weight excluding hydrogens is 312 g/mol. The highest BCUT2D eigenvalue weighted by atomic mass is 16.5. The fraction of sp³-hybridized carbons (Fsp3) is 0.529. The molecule has 1 aliphatic rings. The second-order valence-corrected chi connectivity index (χ2v) is 6.31. The van der Waals surface area contributed by atoms with Crippen LogP contribution in [0.1, 0.15) is 25.3 Å². The van der Waals surface area contributed by atoms with Crippen molar-refractivity contribution < 1.29 is 24.5 Å². The first-order valence-electron chi connectivity index (χ1n) is 8.02. The van der Waals surface area contributed by atoms with Gasteiger partial charge in [-0.3, -0.25) is 0 Å². The van der Waals surface area contributed by atoms with Crippen LogP contribution in [0.3, 0.4) is 0 Å². The minimum Gasteiger partial charge on any atom is -0.465 e. The molecule has 1 saturated heterocycles. The molecule has 0 saturated carbocycles. The molecule has 1 fully saturated rings. The molecule has 1 unspecified atom stereocenters. The third-order valence-electron chi connectivity index (χ3n) is 4.60.